The molecule has 2 aromatic rings. The average Bonchev–Trinajstić information content (AvgIpc) is 2.98. The van der Waals surface area contributed by atoms with Gasteiger partial charge in [0.1, 0.15) is 0 Å². The van der Waals surface area contributed by atoms with E-state index in [2.05, 4.69) is 61.4 Å². The van der Waals surface area contributed by atoms with E-state index in [0.29, 0.717) is 0 Å². The van der Waals surface area contributed by atoms with E-state index in [4.69, 9.17) is 5.73 Å². The van der Waals surface area contributed by atoms with Crippen molar-refractivity contribution in [3.05, 3.63) is 51.7 Å². The Bertz CT molecular complexity index is 548. The monoisotopic (exact) mass is 302 g/mol. The summed E-state index contributed by atoms with van der Waals surface area (Å²) in [6, 6.07) is 11.4. The van der Waals surface area contributed by atoms with Gasteiger partial charge in [0.2, 0.25) is 0 Å². The Morgan fingerprint density at radius 3 is 2.62 bits per heavy atom. The Balaban J connectivity index is 2.14. The third-order valence-electron chi connectivity index (χ3n) is 3.93. The van der Waals surface area contributed by atoms with Crippen LogP contribution in [0.5, 0.6) is 0 Å². The predicted octanol–water partition coefficient (Wildman–Crippen LogP) is 4.36. The van der Waals surface area contributed by atoms with Crippen LogP contribution in [0.15, 0.2) is 35.7 Å². The van der Waals surface area contributed by atoms with E-state index in [0.717, 1.165) is 25.9 Å². The third-order valence-corrected chi connectivity index (χ3v) is 4.79. The highest BCUT2D eigenvalue weighted by Crippen LogP contribution is 2.24. The van der Waals surface area contributed by atoms with Crippen LogP contribution in [0.1, 0.15) is 36.3 Å². The minimum absolute atomic E-state index is 0.267. The van der Waals surface area contributed by atoms with Crippen molar-refractivity contribution < 1.29 is 0 Å². The van der Waals surface area contributed by atoms with E-state index in [1.807, 2.05) is 11.3 Å². The molecule has 0 fully saturated rings. The standard InChI is InChI=1S/C18H26N2S/c1-4-16(19)12-15-8-9-18(14(3)11-15)20(5-2)13-17-7-6-10-21-17/h6-11,16H,4-5,12-13,19H2,1-3H3. The lowest BCUT2D eigenvalue weighted by atomic mass is 10.0. The first-order valence-corrected chi connectivity index (χ1v) is 8.64. The summed E-state index contributed by atoms with van der Waals surface area (Å²) in [5, 5.41) is 2.14. The second-order valence-electron chi connectivity index (χ2n) is 5.59. The molecule has 0 saturated carbocycles. The van der Waals surface area contributed by atoms with Gasteiger partial charge in [0, 0.05) is 23.2 Å². The topological polar surface area (TPSA) is 29.3 Å². The summed E-state index contributed by atoms with van der Waals surface area (Å²) in [6.45, 7) is 8.57. The SMILES string of the molecule is CCC(N)Cc1ccc(N(CC)Cc2cccs2)c(C)c1. The molecule has 0 spiro atoms. The molecule has 2 nitrogen and oxygen atoms in total. The maximum atomic E-state index is 6.06. The van der Waals surface area contributed by atoms with Gasteiger partial charge in [-0.05, 0) is 55.3 Å². The average molecular weight is 302 g/mol. The minimum Gasteiger partial charge on any atom is -0.366 e. The predicted molar refractivity (Wildman–Crippen MR) is 94.2 cm³/mol. The quantitative estimate of drug-likeness (QED) is 0.823. The molecule has 114 valence electrons. The molecule has 0 bridgehead atoms. The van der Waals surface area contributed by atoms with Crippen molar-refractivity contribution in [2.75, 3.05) is 11.4 Å². The van der Waals surface area contributed by atoms with Gasteiger partial charge in [-0.1, -0.05) is 25.1 Å². The van der Waals surface area contributed by atoms with E-state index in [-0.39, 0.29) is 6.04 Å². The van der Waals surface area contributed by atoms with Gasteiger partial charge < -0.3 is 10.6 Å². The second-order valence-corrected chi connectivity index (χ2v) is 6.62. The van der Waals surface area contributed by atoms with E-state index in [1.54, 1.807) is 0 Å². The summed E-state index contributed by atoms with van der Waals surface area (Å²) in [6.07, 6.45) is 1.99. The number of rotatable bonds is 7. The van der Waals surface area contributed by atoms with Crippen LogP contribution in [0, 0.1) is 6.92 Å². The zero-order chi connectivity index (χ0) is 15.2. The van der Waals surface area contributed by atoms with Gasteiger partial charge in [-0.25, -0.2) is 0 Å². The number of nitrogens with zero attached hydrogens (tertiary/aromatic N) is 1. The fourth-order valence-electron chi connectivity index (χ4n) is 2.60. The van der Waals surface area contributed by atoms with Crippen molar-refractivity contribution in [1.29, 1.82) is 0 Å². The van der Waals surface area contributed by atoms with Crippen molar-refractivity contribution >= 4 is 17.0 Å². The number of benzene rings is 1. The molecule has 0 saturated heterocycles. The first-order valence-electron chi connectivity index (χ1n) is 7.76. The van der Waals surface area contributed by atoms with Crippen LogP contribution < -0.4 is 10.6 Å². The van der Waals surface area contributed by atoms with Crippen LogP contribution in [0.4, 0.5) is 5.69 Å². The van der Waals surface area contributed by atoms with Crippen molar-refractivity contribution in [2.24, 2.45) is 5.73 Å². The molecule has 1 unspecified atom stereocenters. The molecule has 0 aliphatic rings. The van der Waals surface area contributed by atoms with Crippen LogP contribution in [-0.4, -0.2) is 12.6 Å². The summed E-state index contributed by atoms with van der Waals surface area (Å²) < 4.78 is 0. The van der Waals surface area contributed by atoms with Crippen molar-refractivity contribution in [2.45, 2.75) is 46.2 Å². The molecule has 0 aliphatic carbocycles. The highest BCUT2D eigenvalue weighted by Gasteiger charge is 2.10. The fourth-order valence-corrected chi connectivity index (χ4v) is 3.32. The van der Waals surface area contributed by atoms with Crippen molar-refractivity contribution in [3.63, 3.8) is 0 Å². The molecular formula is C18H26N2S. The summed E-state index contributed by atoms with van der Waals surface area (Å²) in [5.74, 6) is 0. The molecule has 3 heteroatoms. The molecule has 0 radical (unpaired) electrons. The van der Waals surface area contributed by atoms with E-state index in [9.17, 15) is 0 Å². The Morgan fingerprint density at radius 1 is 1.24 bits per heavy atom. The molecule has 2 rings (SSSR count). The number of aryl methyl sites for hydroxylation is 1. The second kappa shape index (κ2) is 7.62. The maximum absolute atomic E-state index is 6.06. The first kappa shape index (κ1) is 16.1. The molecular weight excluding hydrogens is 276 g/mol. The van der Waals surface area contributed by atoms with Gasteiger partial charge in [0.15, 0.2) is 0 Å². The molecule has 0 aliphatic heterocycles. The van der Waals surface area contributed by atoms with Gasteiger partial charge in [-0.15, -0.1) is 11.3 Å². The Kier molecular flexibility index (Phi) is 5.83. The lowest BCUT2D eigenvalue weighted by molar-refractivity contribution is 0.646. The summed E-state index contributed by atoms with van der Waals surface area (Å²) in [4.78, 5) is 3.85. The number of hydrogen-bond acceptors (Lipinski definition) is 3. The zero-order valence-electron chi connectivity index (χ0n) is 13.3. The lowest BCUT2D eigenvalue weighted by Gasteiger charge is -2.25. The zero-order valence-corrected chi connectivity index (χ0v) is 14.1. The van der Waals surface area contributed by atoms with Gasteiger partial charge >= 0.3 is 0 Å². The van der Waals surface area contributed by atoms with Crippen molar-refractivity contribution in [1.82, 2.24) is 0 Å². The van der Waals surface area contributed by atoms with Crippen LogP contribution in [0.25, 0.3) is 0 Å². The lowest BCUT2D eigenvalue weighted by Crippen LogP contribution is -2.23. The molecule has 1 aromatic heterocycles. The van der Waals surface area contributed by atoms with Crippen LogP contribution >= 0.6 is 11.3 Å². The Morgan fingerprint density at radius 2 is 2.05 bits per heavy atom. The van der Waals surface area contributed by atoms with E-state index in [1.165, 1.54) is 21.7 Å². The maximum Gasteiger partial charge on any atom is 0.0522 e. The van der Waals surface area contributed by atoms with Crippen LogP contribution in [-0.2, 0) is 13.0 Å². The molecule has 1 heterocycles. The van der Waals surface area contributed by atoms with Crippen LogP contribution in [0.2, 0.25) is 0 Å². The summed E-state index contributed by atoms with van der Waals surface area (Å²) >= 11 is 1.82. The van der Waals surface area contributed by atoms with Gasteiger partial charge in [-0.2, -0.15) is 0 Å². The highest BCUT2D eigenvalue weighted by atomic mass is 32.1. The Labute approximate surface area is 132 Å². The minimum atomic E-state index is 0.267. The summed E-state index contributed by atoms with van der Waals surface area (Å²) in [5.41, 5.74) is 10.1. The largest absolute Gasteiger partial charge is 0.366 e. The summed E-state index contributed by atoms with van der Waals surface area (Å²) in [7, 11) is 0. The molecule has 0 amide bonds. The molecule has 2 N–H and O–H groups in total. The van der Waals surface area contributed by atoms with Crippen molar-refractivity contribution in [3.8, 4) is 0 Å². The third kappa shape index (κ3) is 4.32. The van der Waals surface area contributed by atoms with E-state index >= 15 is 0 Å². The number of hydrogen-bond donors (Lipinski definition) is 1. The normalized spacial score (nSPS) is 12.4. The molecule has 21 heavy (non-hydrogen) atoms. The first-order chi connectivity index (χ1) is 10.1. The van der Waals surface area contributed by atoms with Gasteiger partial charge in [0.05, 0.1) is 6.54 Å². The Hall–Kier alpha value is -1.32. The van der Waals surface area contributed by atoms with Crippen LogP contribution in [0.3, 0.4) is 0 Å². The fraction of sp³-hybridized carbons (Fsp3) is 0.444. The number of nitrogens with two attached hydrogens (primary N) is 1. The van der Waals surface area contributed by atoms with E-state index < -0.39 is 0 Å². The smallest absolute Gasteiger partial charge is 0.0522 e. The number of thiophene rings is 1. The van der Waals surface area contributed by atoms with Gasteiger partial charge in [-0.3, -0.25) is 0 Å². The number of anilines is 1. The highest BCUT2D eigenvalue weighted by molar-refractivity contribution is 7.09. The molecule has 1 aromatic carbocycles. The van der Waals surface area contributed by atoms with Gasteiger partial charge in [0.25, 0.3) is 0 Å². The molecule has 1 atom stereocenters.